The van der Waals surface area contributed by atoms with Crippen LogP contribution < -0.4 is 0 Å². The topological polar surface area (TPSA) is 69.0 Å². The van der Waals surface area contributed by atoms with E-state index < -0.39 is 17.9 Å². The Morgan fingerprint density at radius 3 is 2.04 bits per heavy atom. The first-order chi connectivity index (χ1) is 13.6. The SMILES string of the molecule is CCOC(=O)C1=CN(Cc2ccccc2)C=C(C(=O)OCC)C1c1ccco1. The number of hydrogen-bond donors (Lipinski definition) is 0. The summed E-state index contributed by atoms with van der Waals surface area (Å²) in [6.07, 6.45) is 4.93. The monoisotopic (exact) mass is 381 g/mol. The second kappa shape index (κ2) is 9.08. The van der Waals surface area contributed by atoms with Crippen molar-refractivity contribution in [2.45, 2.75) is 26.3 Å². The van der Waals surface area contributed by atoms with Gasteiger partial charge in [0.2, 0.25) is 0 Å². The van der Waals surface area contributed by atoms with Gasteiger partial charge in [0.25, 0.3) is 0 Å². The summed E-state index contributed by atoms with van der Waals surface area (Å²) in [7, 11) is 0. The van der Waals surface area contributed by atoms with Crippen molar-refractivity contribution in [3.8, 4) is 0 Å². The van der Waals surface area contributed by atoms with Crippen molar-refractivity contribution in [3.63, 3.8) is 0 Å². The number of ether oxygens (including phenoxy) is 2. The third-order valence-electron chi connectivity index (χ3n) is 4.29. The molecule has 1 aliphatic rings. The standard InChI is InChI=1S/C22H23NO5/c1-3-26-21(24)17-14-23(13-16-9-6-5-7-10-16)15-18(22(25)27-4-2)20(17)19-11-8-12-28-19/h5-12,14-15,20H,3-4,13H2,1-2H3. The van der Waals surface area contributed by atoms with Gasteiger partial charge in [-0.15, -0.1) is 0 Å². The van der Waals surface area contributed by atoms with Crippen LogP contribution in [-0.4, -0.2) is 30.1 Å². The third kappa shape index (κ3) is 4.34. The summed E-state index contributed by atoms with van der Waals surface area (Å²) in [5.41, 5.74) is 1.70. The minimum Gasteiger partial charge on any atom is -0.468 e. The zero-order valence-electron chi connectivity index (χ0n) is 16.0. The number of carbonyl (C=O) groups is 2. The summed E-state index contributed by atoms with van der Waals surface area (Å²) in [5.74, 6) is -1.17. The van der Waals surface area contributed by atoms with Gasteiger partial charge in [0, 0.05) is 18.9 Å². The lowest BCUT2D eigenvalue weighted by Crippen LogP contribution is -2.29. The molecule has 1 aromatic heterocycles. The van der Waals surface area contributed by atoms with Crippen molar-refractivity contribution in [1.29, 1.82) is 0 Å². The molecule has 0 amide bonds. The highest BCUT2D eigenvalue weighted by molar-refractivity contribution is 5.98. The quantitative estimate of drug-likeness (QED) is 0.680. The van der Waals surface area contributed by atoms with Gasteiger partial charge in [-0.3, -0.25) is 0 Å². The van der Waals surface area contributed by atoms with Crippen LogP contribution >= 0.6 is 0 Å². The Balaban J connectivity index is 2.03. The highest BCUT2D eigenvalue weighted by atomic mass is 16.5. The van der Waals surface area contributed by atoms with E-state index in [4.69, 9.17) is 13.9 Å². The van der Waals surface area contributed by atoms with Crippen molar-refractivity contribution < 1.29 is 23.5 Å². The maximum atomic E-state index is 12.7. The molecule has 0 saturated carbocycles. The van der Waals surface area contributed by atoms with Crippen LogP contribution in [0.25, 0.3) is 0 Å². The molecule has 0 unspecified atom stereocenters. The van der Waals surface area contributed by atoms with E-state index >= 15 is 0 Å². The van der Waals surface area contributed by atoms with E-state index in [-0.39, 0.29) is 13.2 Å². The number of carbonyl (C=O) groups excluding carboxylic acids is 2. The van der Waals surface area contributed by atoms with Crippen LogP contribution in [0.4, 0.5) is 0 Å². The molecule has 2 aromatic rings. The van der Waals surface area contributed by atoms with Crippen LogP contribution in [0, 0.1) is 0 Å². The molecule has 0 atom stereocenters. The molecule has 2 heterocycles. The molecule has 1 aliphatic heterocycles. The predicted octanol–water partition coefficient (Wildman–Crippen LogP) is 3.77. The minimum absolute atomic E-state index is 0.234. The van der Waals surface area contributed by atoms with Gasteiger partial charge >= 0.3 is 11.9 Å². The first-order valence-corrected chi connectivity index (χ1v) is 9.24. The lowest BCUT2D eigenvalue weighted by atomic mass is 9.87. The van der Waals surface area contributed by atoms with Crippen LogP contribution in [0.1, 0.15) is 31.1 Å². The Morgan fingerprint density at radius 2 is 1.54 bits per heavy atom. The molecule has 0 bridgehead atoms. The normalized spacial score (nSPS) is 14.3. The zero-order valence-corrected chi connectivity index (χ0v) is 16.0. The summed E-state index contributed by atoms with van der Waals surface area (Å²) in [5, 5.41) is 0. The second-order valence-corrected chi connectivity index (χ2v) is 6.22. The fourth-order valence-corrected chi connectivity index (χ4v) is 3.13. The van der Waals surface area contributed by atoms with E-state index in [1.807, 2.05) is 30.3 Å². The van der Waals surface area contributed by atoms with Crippen LogP contribution in [0.15, 0.2) is 76.7 Å². The largest absolute Gasteiger partial charge is 0.468 e. The van der Waals surface area contributed by atoms with Crippen molar-refractivity contribution in [1.82, 2.24) is 4.90 Å². The number of furan rings is 1. The van der Waals surface area contributed by atoms with Gasteiger partial charge in [-0.25, -0.2) is 9.59 Å². The summed E-state index contributed by atoms with van der Waals surface area (Å²) >= 11 is 0. The molecule has 0 radical (unpaired) electrons. The van der Waals surface area contributed by atoms with Gasteiger partial charge in [0.15, 0.2) is 0 Å². The lowest BCUT2D eigenvalue weighted by molar-refractivity contribution is -0.139. The average molecular weight is 381 g/mol. The van der Waals surface area contributed by atoms with Crippen LogP contribution in [0.2, 0.25) is 0 Å². The number of esters is 2. The average Bonchev–Trinajstić information content (AvgIpc) is 3.23. The zero-order chi connectivity index (χ0) is 19.9. The summed E-state index contributed by atoms with van der Waals surface area (Å²) in [4.78, 5) is 27.2. The number of rotatable bonds is 7. The number of benzene rings is 1. The predicted molar refractivity (Wildman–Crippen MR) is 103 cm³/mol. The first kappa shape index (κ1) is 19.5. The molecule has 6 nitrogen and oxygen atoms in total. The van der Waals surface area contributed by atoms with Crippen LogP contribution in [0.5, 0.6) is 0 Å². The Hall–Kier alpha value is -3.28. The minimum atomic E-state index is -0.680. The Kier molecular flexibility index (Phi) is 6.32. The van der Waals surface area contributed by atoms with E-state index in [9.17, 15) is 9.59 Å². The molecule has 28 heavy (non-hydrogen) atoms. The van der Waals surface area contributed by atoms with Gasteiger partial charge in [-0.1, -0.05) is 30.3 Å². The molecular formula is C22H23NO5. The Morgan fingerprint density at radius 1 is 0.929 bits per heavy atom. The lowest BCUT2D eigenvalue weighted by Gasteiger charge is -2.29. The van der Waals surface area contributed by atoms with Crippen molar-refractivity contribution in [2.75, 3.05) is 13.2 Å². The molecule has 146 valence electrons. The van der Waals surface area contributed by atoms with Gasteiger partial charge in [0.05, 0.1) is 36.5 Å². The van der Waals surface area contributed by atoms with Crippen molar-refractivity contribution in [3.05, 3.63) is 83.6 Å². The summed E-state index contributed by atoms with van der Waals surface area (Å²) in [6.45, 7) is 4.45. The van der Waals surface area contributed by atoms with E-state index in [1.165, 1.54) is 6.26 Å². The molecule has 0 spiro atoms. The molecule has 1 aromatic carbocycles. The maximum absolute atomic E-state index is 12.7. The first-order valence-electron chi connectivity index (χ1n) is 9.24. The van der Waals surface area contributed by atoms with E-state index in [0.29, 0.717) is 23.5 Å². The Bertz CT molecular complexity index is 832. The van der Waals surface area contributed by atoms with E-state index in [1.54, 1.807) is 43.3 Å². The van der Waals surface area contributed by atoms with Crippen LogP contribution in [-0.2, 0) is 25.6 Å². The van der Waals surface area contributed by atoms with Gasteiger partial charge < -0.3 is 18.8 Å². The molecular weight excluding hydrogens is 358 g/mol. The number of nitrogens with zero attached hydrogens (tertiary/aromatic N) is 1. The molecule has 6 heteroatoms. The van der Waals surface area contributed by atoms with Crippen molar-refractivity contribution in [2.24, 2.45) is 0 Å². The smallest absolute Gasteiger partial charge is 0.336 e. The van der Waals surface area contributed by atoms with E-state index in [0.717, 1.165) is 5.56 Å². The van der Waals surface area contributed by atoms with Gasteiger partial charge in [0.1, 0.15) is 5.76 Å². The number of hydrogen-bond acceptors (Lipinski definition) is 6. The molecule has 3 rings (SSSR count). The van der Waals surface area contributed by atoms with Gasteiger partial charge in [-0.2, -0.15) is 0 Å². The summed E-state index contributed by atoms with van der Waals surface area (Å²) in [6, 6.07) is 13.2. The van der Waals surface area contributed by atoms with Crippen LogP contribution in [0.3, 0.4) is 0 Å². The third-order valence-corrected chi connectivity index (χ3v) is 4.29. The Labute approximate surface area is 164 Å². The van der Waals surface area contributed by atoms with Gasteiger partial charge in [-0.05, 0) is 31.5 Å². The fourth-order valence-electron chi connectivity index (χ4n) is 3.13. The molecule has 0 N–H and O–H groups in total. The maximum Gasteiger partial charge on any atom is 0.336 e. The summed E-state index contributed by atoms with van der Waals surface area (Å²) < 4.78 is 16.0. The molecule has 0 saturated heterocycles. The second-order valence-electron chi connectivity index (χ2n) is 6.22. The van der Waals surface area contributed by atoms with E-state index in [2.05, 4.69) is 0 Å². The van der Waals surface area contributed by atoms with Crippen molar-refractivity contribution >= 4 is 11.9 Å². The highest BCUT2D eigenvalue weighted by Gasteiger charge is 2.37. The molecule has 0 aliphatic carbocycles. The molecule has 0 fully saturated rings. The fraction of sp³-hybridized carbons (Fsp3) is 0.273. The highest BCUT2D eigenvalue weighted by Crippen LogP contribution is 2.37.